The number of nitrogens with one attached hydrogen (secondary N) is 1. The van der Waals surface area contributed by atoms with Crippen molar-refractivity contribution < 1.29 is 28.5 Å². The molecular weight excluding hydrogens is 512 g/mol. The second-order valence-electron chi connectivity index (χ2n) is 11.2. The summed E-state index contributed by atoms with van der Waals surface area (Å²) in [5, 5.41) is 6.28. The number of unbranched alkanes of at least 4 members (excludes halogenated alkanes) is 13. The summed E-state index contributed by atoms with van der Waals surface area (Å²) in [7, 11) is 0. The maximum Gasteiger partial charge on any atom is 0.306 e. The van der Waals surface area contributed by atoms with Crippen LogP contribution in [-0.4, -0.2) is 70.2 Å². The molecule has 0 unspecified atom stereocenters. The van der Waals surface area contributed by atoms with Gasteiger partial charge in [-0.05, 0) is 39.1 Å². The molecule has 0 aromatic rings. The molecule has 10 heteroatoms. The first-order chi connectivity index (χ1) is 19.3. The van der Waals surface area contributed by atoms with E-state index in [9.17, 15) is 9.59 Å². The first kappa shape index (κ1) is 38.1. The van der Waals surface area contributed by atoms with Crippen LogP contribution >= 0.6 is 0 Å². The van der Waals surface area contributed by atoms with Gasteiger partial charge in [0.15, 0.2) is 0 Å². The van der Waals surface area contributed by atoms with Crippen LogP contribution in [0, 0.1) is 0 Å². The minimum atomic E-state index is -0.375. The van der Waals surface area contributed by atoms with Crippen molar-refractivity contribution in [3.63, 3.8) is 0 Å². The minimum absolute atomic E-state index is 0.0738. The average molecular weight is 571 g/mol. The van der Waals surface area contributed by atoms with Crippen LogP contribution < -0.4 is 5.32 Å². The number of ether oxygens (including phenoxy) is 4. The van der Waals surface area contributed by atoms with Crippen molar-refractivity contribution in [1.82, 2.24) is 5.32 Å². The summed E-state index contributed by atoms with van der Waals surface area (Å²) in [6, 6.07) is 0. The second-order valence-corrected chi connectivity index (χ2v) is 11.2. The standard InChI is InChI=1S/C30H58N4O6/c1-30(2,3)40-29(36)19-17-15-13-11-9-7-5-4-6-8-10-12-14-16-18-28(35)32-20-22-37-24-26-39-27-25-38-23-21-33-34-31/h4-27H2,1-3H3,(H,32,35). The van der Waals surface area contributed by atoms with Crippen molar-refractivity contribution in [2.45, 2.75) is 129 Å². The van der Waals surface area contributed by atoms with E-state index in [0.29, 0.717) is 65.6 Å². The summed E-state index contributed by atoms with van der Waals surface area (Å²) >= 11 is 0. The van der Waals surface area contributed by atoms with Gasteiger partial charge in [0.05, 0.1) is 39.6 Å². The second kappa shape index (κ2) is 28.7. The van der Waals surface area contributed by atoms with Crippen LogP contribution in [0.3, 0.4) is 0 Å². The maximum atomic E-state index is 11.9. The summed E-state index contributed by atoms with van der Waals surface area (Å²) in [5.41, 5.74) is 7.76. The van der Waals surface area contributed by atoms with Gasteiger partial charge < -0.3 is 24.3 Å². The highest BCUT2D eigenvalue weighted by Gasteiger charge is 2.15. The number of hydrogen-bond acceptors (Lipinski definition) is 7. The number of amides is 1. The van der Waals surface area contributed by atoms with Crippen LogP contribution in [0.15, 0.2) is 5.11 Å². The van der Waals surface area contributed by atoms with Crippen LogP contribution in [0.2, 0.25) is 0 Å². The van der Waals surface area contributed by atoms with Gasteiger partial charge in [-0.25, -0.2) is 0 Å². The Morgan fingerprint density at radius 1 is 0.650 bits per heavy atom. The Morgan fingerprint density at radius 3 is 1.55 bits per heavy atom. The van der Waals surface area contributed by atoms with Gasteiger partial charge in [-0.3, -0.25) is 9.59 Å². The largest absolute Gasteiger partial charge is 0.460 e. The Morgan fingerprint density at radius 2 is 1.07 bits per heavy atom. The van der Waals surface area contributed by atoms with Crippen LogP contribution in [0.5, 0.6) is 0 Å². The van der Waals surface area contributed by atoms with Gasteiger partial charge in [0.2, 0.25) is 5.91 Å². The number of esters is 1. The molecule has 0 aromatic carbocycles. The number of carbonyl (C=O) groups excluding carboxylic acids is 2. The third kappa shape index (κ3) is 32.3. The molecule has 0 heterocycles. The molecule has 1 N–H and O–H groups in total. The highest BCUT2D eigenvalue weighted by atomic mass is 16.6. The van der Waals surface area contributed by atoms with Gasteiger partial charge in [-0.2, -0.15) is 0 Å². The van der Waals surface area contributed by atoms with E-state index in [0.717, 1.165) is 25.7 Å². The van der Waals surface area contributed by atoms with Crippen LogP contribution in [0.4, 0.5) is 0 Å². The van der Waals surface area contributed by atoms with Crippen molar-refractivity contribution in [2.75, 3.05) is 52.7 Å². The Hall–Kier alpha value is -1.87. The van der Waals surface area contributed by atoms with E-state index in [-0.39, 0.29) is 17.5 Å². The molecule has 0 fully saturated rings. The Labute approximate surface area is 243 Å². The molecule has 0 aromatic heterocycles. The molecule has 0 atom stereocenters. The smallest absolute Gasteiger partial charge is 0.306 e. The van der Waals surface area contributed by atoms with Gasteiger partial charge in [0.25, 0.3) is 0 Å². The fourth-order valence-corrected chi connectivity index (χ4v) is 4.11. The fraction of sp³-hybridized carbons (Fsp3) is 0.933. The summed E-state index contributed by atoms with van der Waals surface area (Å²) in [4.78, 5) is 26.2. The first-order valence-corrected chi connectivity index (χ1v) is 15.6. The van der Waals surface area contributed by atoms with E-state index in [1.165, 1.54) is 64.2 Å². The van der Waals surface area contributed by atoms with Crippen LogP contribution in [0.1, 0.15) is 124 Å². The third-order valence-electron chi connectivity index (χ3n) is 6.17. The van der Waals surface area contributed by atoms with Crippen molar-refractivity contribution in [2.24, 2.45) is 5.11 Å². The lowest BCUT2D eigenvalue weighted by molar-refractivity contribution is -0.154. The number of nitrogens with zero attached hydrogens (tertiary/aromatic N) is 3. The predicted molar refractivity (Wildman–Crippen MR) is 159 cm³/mol. The lowest BCUT2D eigenvalue weighted by Gasteiger charge is -2.19. The zero-order chi connectivity index (χ0) is 29.6. The lowest BCUT2D eigenvalue weighted by Crippen LogP contribution is -2.27. The predicted octanol–water partition coefficient (Wildman–Crippen LogP) is 7.05. The minimum Gasteiger partial charge on any atom is -0.460 e. The molecule has 10 nitrogen and oxygen atoms in total. The Bertz CT molecular complexity index is 651. The highest BCUT2D eigenvalue weighted by molar-refractivity contribution is 5.75. The molecule has 1 amide bonds. The summed E-state index contributed by atoms with van der Waals surface area (Å²) in [6.45, 7) is 9.35. The van der Waals surface area contributed by atoms with E-state index >= 15 is 0 Å². The zero-order valence-corrected chi connectivity index (χ0v) is 25.8. The summed E-state index contributed by atoms with van der Waals surface area (Å²) in [5.74, 6) is 0.0241. The van der Waals surface area contributed by atoms with Crippen molar-refractivity contribution in [3.8, 4) is 0 Å². The summed E-state index contributed by atoms with van der Waals surface area (Å²) in [6.07, 6.45) is 18.1. The van der Waals surface area contributed by atoms with E-state index in [4.69, 9.17) is 24.5 Å². The molecule has 0 aliphatic carbocycles. The van der Waals surface area contributed by atoms with E-state index in [1.807, 2.05) is 20.8 Å². The van der Waals surface area contributed by atoms with Crippen molar-refractivity contribution in [3.05, 3.63) is 10.4 Å². The van der Waals surface area contributed by atoms with Gasteiger partial charge in [0, 0.05) is 30.8 Å². The quantitative estimate of drug-likeness (QED) is 0.0337. The monoisotopic (exact) mass is 570 g/mol. The molecule has 0 bridgehead atoms. The molecule has 0 spiro atoms. The first-order valence-electron chi connectivity index (χ1n) is 15.6. The van der Waals surface area contributed by atoms with Gasteiger partial charge in [-0.1, -0.05) is 82.2 Å². The van der Waals surface area contributed by atoms with Crippen LogP contribution in [0.25, 0.3) is 10.4 Å². The Balaban J connectivity index is 3.22. The molecular formula is C30H58N4O6. The maximum absolute atomic E-state index is 11.9. The van der Waals surface area contributed by atoms with Crippen LogP contribution in [-0.2, 0) is 28.5 Å². The van der Waals surface area contributed by atoms with E-state index in [1.54, 1.807) is 0 Å². The third-order valence-corrected chi connectivity index (χ3v) is 6.17. The number of hydrogen-bond donors (Lipinski definition) is 1. The molecule has 0 saturated carbocycles. The SMILES string of the molecule is CC(C)(C)OC(=O)CCCCCCCCCCCCCCCCC(=O)NCCOCCOCCOCCN=[N+]=[N-]. The van der Waals surface area contributed by atoms with Crippen molar-refractivity contribution in [1.29, 1.82) is 0 Å². The zero-order valence-electron chi connectivity index (χ0n) is 25.8. The van der Waals surface area contributed by atoms with E-state index in [2.05, 4.69) is 15.3 Å². The molecule has 0 saturated heterocycles. The number of rotatable bonds is 29. The molecule has 0 rings (SSSR count). The molecule has 0 aliphatic rings. The molecule has 234 valence electrons. The number of carbonyl (C=O) groups is 2. The fourth-order valence-electron chi connectivity index (χ4n) is 4.11. The average Bonchev–Trinajstić information content (AvgIpc) is 2.90. The lowest BCUT2D eigenvalue weighted by atomic mass is 10.0. The van der Waals surface area contributed by atoms with Gasteiger partial charge in [-0.15, -0.1) is 0 Å². The number of azide groups is 1. The van der Waals surface area contributed by atoms with Crippen molar-refractivity contribution >= 4 is 11.9 Å². The van der Waals surface area contributed by atoms with E-state index < -0.39 is 0 Å². The molecule has 0 radical (unpaired) electrons. The molecule has 40 heavy (non-hydrogen) atoms. The van der Waals surface area contributed by atoms with Gasteiger partial charge in [0.1, 0.15) is 5.60 Å². The normalized spacial score (nSPS) is 11.3. The highest BCUT2D eigenvalue weighted by Crippen LogP contribution is 2.15. The molecule has 0 aliphatic heterocycles. The summed E-state index contributed by atoms with van der Waals surface area (Å²) < 4.78 is 21.4. The van der Waals surface area contributed by atoms with Gasteiger partial charge >= 0.3 is 5.97 Å². The Kier molecular flexibility index (Phi) is 27.3. The topological polar surface area (TPSA) is 132 Å².